The number of fused-ring (bicyclic) bond motifs is 1. The molecule has 0 saturated carbocycles. The van der Waals surface area contributed by atoms with Gasteiger partial charge in [0.2, 0.25) is 5.91 Å². The lowest BCUT2D eigenvalue weighted by molar-refractivity contribution is -0.119. The monoisotopic (exact) mass is 498 g/mol. The van der Waals surface area contributed by atoms with Crippen LogP contribution >= 0.6 is 0 Å². The zero-order valence-electron chi connectivity index (χ0n) is 21.4. The molecule has 1 aliphatic heterocycles. The Morgan fingerprint density at radius 2 is 1.65 bits per heavy atom. The second kappa shape index (κ2) is 11.1. The van der Waals surface area contributed by atoms with Crippen LogP contribution in [0.4, 0.5) is 17.1 Å². The van der Waals surface area contributed by atoms with Gasteiger partial charge >= 0.3 is 5.97 Å². The number of anilines is 3. The summed E-state index contributed by atoms with van der Waals surface area (Å²) in [5.41, 5.74) is 5.05. The van der Waals surface area contributed by atoms with E-state index in [-0.39, 0.29) is 11.8 Å². The lowest BCUT2D eigenvalue weighted by Crippen LogP contribution is -2.36. The average Bonchev–Trinajstić information content (AvgIpc) is 3.26. The Kier molecular flexibility index (Phi) is 7.69. The van der Waals surface area contributed by atoms with Crippen molar-refractivity contribution in [2.24, 2.45) is 0 Å². The van der Waals surface area contributed by atoms with Gasteiger partial charge in [-0.15, -0.1) is 0 Å². The molecule has 1 aliphatic rings. The standard InChI is InChI=1S/C29H30N4O4/c1-5-32(2)18-25(34)33(3)22-14-12-21(13-15-22)30-27(19-9-7-6-8-10-19)26-23-16-11-20(29(36)37-4)17-24(23)31-28(26)35/h6-17,30H,5,18H2,1-4H3,(H,31,35). The fraction of sp³-hybridized carbons (Fsp3) is 0.207. The van der Waals surface area contributed by atoms with E-state index in [2.05, 4.69) is 10.6 Å². The van der Waals surface area contributed by atoms with E-state index in [4.69, 9.17) is 4.74 Å². The topological polar surface area (TPSA) is 91.0 Å². The average molecular weight is 499 g/mol. The number of carbonyl (C=O) groups excluding carboxylic acids is 3. The van der Waals surface area contributed by atoms with Crippen LogP contribution in [-0.4, -0.2) is 57.0 Å². The highest BCUT2D eigenvalue weighted by atomic mass is 16.5. The fourth-order valence-corrected chi connectivity index (χ4v) is 4.06. The molecule has 0 aromatic heterocycles. The van der Waals surface area contributed by atoms with Crippen molar-refractivity contribution in [3.05, 3.63) is 89.5 Å². The first-order valence-corrected chi connectivity index (χ1v) is 12.0. The number of nitrogens with zero attached hydrogens (tertiary/aromatic N) is 2. The molecule has 0 saturated heterocycles. The highest BCUT2D eigenvalue weighted by molar-refractivity contribution is 6.37. The molecule has 1 heterocycles. The highest BCUT2D eigenvalue weighted by Crippen LogP contribution is 2.38. The lowest BCUT2D eigenvalue weighted by Gasteiger charge is -2.21. The summed E-state index contributed by atoms with van der Waals surface area (Å²) < 4.78 is 4.81. The molecule has 190 valence electrons. The molecule has 0 atom stereocenters. The Bertz CT molecular complexity index is 1350. The molecule has 8 nitrogen and oxygen atoms in total. The fourth-order valence-electron chi connectivity index (χ4n) is 4.06. The molecule has 0 spiro atoms. The minimum atomic E-state index is -0.472. The molecule has 37 heavy (non-hydrogen) atoms. The van der Waals surface area contributed by atoms with Gasteiger partial charge in [0.15, 0.2) is 0 Å². The summed E-state index contributed by atoms with van der Waals surface area (Å²) in [6.45, 7) is 3.14. The first-order valence-electron chi connectivity index (χ1n) is 12.0. The number of hydrogen-bond acceptors (Lipinski definition) is 6. The Hall–Kier alpha value is -4.43. The van der Waals surface area contributed by atoms with Gasteiger partial charge in [0.05, 0.1) is 36.2 Å². The Balaban J connectivity index is 1.68. The summed E-state index contributed by atoms with van der Waals surface area (Å²) in [5, 5.41) is 6.28. The van der Waals surface area contributed by atoms with Crippen LogP contribution < -0.4 is 15.5 Å². The third kappa shape index (κ3) is 5.54. The largest absolute Gasteiger partial charge is 0.465 e. The van der Waals surface area contributed by atoms with Crippen molar-refractivity contribution in [2.75, 3.05) is 49.8 Å². The van der Waals surface area contributed by atoms with Gasteiger partial charge in [-0.05, 0) is 55.6 Å². The summed E-state index contributed by atoms with van der Waals surface area (Å²) in [6.07, 6.45) is 0. The van der Waals surface area contributed by atoms with E-state index in [0.717, 1.165) is 23.5 Å². The van der Waals surface area contributed by atoms with E-state index >= 15 is 0 Å². The zero-order chi connectivity index (χ0) is 26.5. The molecule has 0 bridgehead atoms. The molecule has 0 radical (unpaired) electrons. The van der Waals surface area contributed by atoms with E-state index < -0.39 is 5.97 Å². The van der Waals surface area contributed by atoms with Gasteiger partial charge in [0, 0.05) is 24.0 Å². The minimum Gasteiger partial charge on any atom is -0.465 e. The number of carbonyl (C=O) groups is 3. The molecule has 0 aliphatic carbocycles. The molecule has 0 unspecified atom stereocenters. The van der Waals surface area contributed by atoms with Gasteiger partial charge in [0.25, 0.3) is 5.91 Å². The van der Waals surface area contributed by atoms with Crippen LogP contribution in [-0.2, 0) is 14.3 Å². The number of likely N-dealkylation sites (N-methyl/N-ethyl adjacent to an activating group) is 2. The van der Waals surface area contributed by atoms with Crippen molar-refractivity contribution in [2.45, 2.75) is 6.92 Å². The number of esters is 1. The van der Waals surface area contributed by atoms with E-state index in [1.165, 1.54) is 7.11 Å². The number of rotatable bonds is 8. The smallest absolute Gasteiger partial charge is 0.337 e. The summed E-state index contributed by atoms with van der Waals surface area (Å²) in [4.78, 5) is 41.3. The molecule has 8 heteroatoms. The first-order chi connectivity index (χ1) is 17.8. The summed E-state index contributed by atoms with van der Waals surface area (Å²) in [5.74, 6) is -0.742. The Labute approximate surface area is 216 Å². The highest BCUT2D eigenvalue weighted by Gasteiger charge is 2.29. The number of hydrogen-bond donors (Lipinski definition) is 2. The van der Waals surface area contributed by atoms with Crippen LogP contribution in [0.15, 0.2) is 72.8 Å². The molecular formula is C29H30N4O4. The second-order valence-corrected chi connectivity index (χ2v) is 8.78. The lowest BCUT2D eigenvalue weighted by atomic mass is 9.99. The maximum Gasteiger partial charge on any atom is 0.337 e. The van der Waals surface area contributed by atoms with Crippen LogP contribution in [0.25, 0.3) is 11.3 Å². The van der Waals surface area contributed by atoms with Crippen molar-refractivity contribution < 1.29 is 19.1 Å². The molecular weight excluding hydrogens is 468 g/mol. The van der Waals surface area contributed by atoms with E-state index in [9.17, 15) is 14.4 Å². The van der Waals surface area contributed by atoms with Crippen LogP contribution in [0, 0.1) is 0 Å². The van der Waals surface area contributed by atoms with E-state index in [1.54, 1.807) is 30.1 Å². The van der Waals surface area contributed by atoms with Crippen LogP contribution in [0.5, 0.6) is 0 Å². The number of ether oxygens (including phenoxy) is 1. The molecule has 3 aromatic rings. The maximum absolute atomic E-state index is 13.1. The second-order valence-electron chi connectivity index (χ2n) is 8.78. The van der Waals surface area contributed by atoms with Crippen LogP contribution in [0.2, 0.25) is 0 Å². The van der Waals surface area contributed by atoms with Crippen molar-refractivity contribution in [1.29, 1.82) is 0 Å². The van der Waals surface area contributed by atoms with Crippen LogP contribution in [0.1, 0.15) is 28.4 Å². The zero-order valence-corrected chi connectivity index (χ0v) is 21.4. The molecule has 2 N–H and O–H groups in total. The molecule has 2 amide bonds. The van der Waals surface area contributed by atoms with Crippen LogP contribution in [0.3, 0.4) is 0 Å². The van der Waals surface area contributed by atoms with Gasteiger partial charge in [-0.3, -0.25) is 14.5 Å². The summed E-state index contributed by atoms with van der Waals surface area (Å²) in [7, 11) is 4.98. The predicted molar refractivity (Wildman–Crippen MR) is 146 cm³/mol. The first kappa shape index (κ1) is 25.7. The SMILES string of the molecule is CCN(C)CC(=O)N(C)c1ccc(NC(=C2C(=O)Nc3cc(C(=O)OC)ccc32)c2ccccc2)cc1. The van der Waals surface area contributed by atoms with Gasteiger partial charge in [0.1, 0.15) is 0 Å². The van der Waals surface area contributed by atoms with Gasteiger partial charge in [-0.2, -0.15) is 0 Å². The maximum atomic E-state index is 13.1. The van der Waals surface area contributed by atoms with Crippen molar-refractivity contribution in [3.63, 3.8) is 0 Å². The normalized spacial score (nSPS) is 13.6. The van der Waals surface area contributed by atoms with Gasteiger partial charge < -0.3 is 20.3 Å². The summed E-state index contributed by atoms with van der Waals surface area (Å²) >= 11 is 0. The minimum absolute atomic E-state index is 0.00251. The number of methoxy groups -OCH3 is 1. The van der Waals surface area contributed by atoms with E-state index in [1.807, 2.05) is 73.5 Å². The molecule has 4 rings (SSSR count). The molecule has 0 fully saturated rings. The summed E-state index contributed by atoms with van der Waals surface area (Å²) in [6, 6.07) is 22.1. The quantitative estimate of drug-likeness (QED) is 0.355. The predicted octanol–water partition coefficient (Wildman–Crippen LogP) is 4.32. The third-order valence-corrected chi connectivity index (χ3v) is 6.34. The number of nitrogens with one attached hydrogen (secondary N) is 2. The van der Waals surface area contributed by atoms with Crippen molar-refractivity contribution in [1.82, 2.24) is 4.90 Å². The third-order valence-electron chi connectivity index (χ3n) is 6.34. The molecule has 3 aromatic carbocycles. The van der Waals surface area contributed by atoms with Crippen molar-refractivity contribution >= 4 is 46.1 Å². The Morgan fingerprint density at radius 1 is 0.946 bits per heavy atom. The van der Waals surface area contributed by atoms with E-state index in [0.29, 0.717) is 34.6 Å². The Morgan fingerprint density at radius 3 is 2.30 bits per heavy atom. The number of benzene rings is 3. The number of amides is 2. The van der Waals surface area contributed by atoms with Gasteiger partial charge in [-0.1, -0.05) is 43.3 Å². The van der Waals surface area contributed by atoms with Gasteiger partial charge in [-0.25, -0.2) is 4.79 Å². The van der Waals surface area contributed by atoms with Crippen molar-refractivity contribution in [3.8, 4) is 0 Å².